The first-order chi connectivity index (χ1) is 13.1. The molecule has 0 atom stereocenters. The molecule has 0 saturated heterocycles. The van der Waals surface area contributed by atoms with Gasteiger partial charge in [-0.2, -0.15) is 0 Å². The van der Waals surface area contributed by atoms with E-state index in [1.807, 2.05) is 0 Å². The summed E-state index contributed by atoms with van der Waals surface area (Å²) in [5.41, 5.74) is 0.597. The highest BCUT2D eigenvalue weighted by Crippen LogP contribution is 2.27. The number of thioether (sulfide) groups is 1. The maximum atomic E-state index is 12.4. The highest BCUT2D eigenvalue weighted by Gasteiger charge is 2.31. The van der Waals surface area contributed by atoms with Gasteiger partial charge in [0.15, 0.2) is 0 Å². The van der Waals surface area contributed by atoms with Gasteiger partial charge >= 0.3 is 6.36 Å². The van der Waals surface area contributed by atoms with Crippen LogP contribution in [0.4, 0.5) is 23.7 Å². The Kier molecular flexibility index (Phi) is 7.11. The third-order valence-electron chi connectivity index (χ3n) is 3.25. The highest BCUT2D eigenvalue weighted by molar-refractivity contribution is 8.13. The van der Waals surface area contributed by atoms with Crippen LogP contribution in [0, 0.1) is 0 Å². The normalized spacial score (nSPS) is 11.3. The summed E-state index contributed by atoms with van der Waals surface area (Å²) in [6.07, 6.45) is -2.48. The molecule has 2 rings (SSSR count). The van der Waals surface area contributed by atoms with Crippen molar-refractivity contribution < 1.29 is 27.5 Å². The van der Waals surface area contributed by atoms with Crippen molar-refractivity contribution in [2.45, 2.75) is 11.3 Å². The Hall–Kier alpha value is -2.94. The molecule has 2 aromatic rings. The Labute approximate surface area is 164 Å². The lowest BCUT2D eigenvalue weighted by Crippen LogP contribution is -2.17. The first kappa shape index (κ1) is 21.4. The van der Waals surface area contributed by atoms with Crippen molar-refractivity contribution in [3.63, 3.8) is 0 Å². The van der Waals surface area contributed by atoms with Gasteiger partial charge < -0.3 is 15.0 Å². The van der Waals surface area contributed by atoms with E-state index in [-0.39, 0.29) is 10.8 Å². The fraction of sp³-hybridized carbons (Fsp3) is 0.158. The molecule has 28 heavy (non-hydrogen) atoms. The van der Waals surface area contributed by atoms with Gasteiger partial charge in [0.25, 0.3) is 5.24 Å². The molecule has 1 N–H and O–H groups in total. The lowest BCUT2D eigenvalue weighted by atomic mass is 10.2. The minimum absolute atomic E-state index is 0.115. The number of amides is 2. The van der Waals surface area contributed by atoms with Gasteiger partial charge in [-0.15, -0.1) is 13.2 Å². The van der Waals surface area contributed by atoms with Gasteiger partial charge in [-0.1, -0.05) is 18.2 Å². The van der Waals surface area contributed by atoms with Crippen molar-refractivity contribution in [3.8, 4) is 5.75 Å². The summed E-state index contributed by atoms with van der Waals surface area (Å²) in [4.78, 5) is 25.8. The van der Waals surface area contributed by atoms with Crippen LogP contribution >= 0.6 is 11.8 Å². The molecular formula is C19H17F3N2O3S. The van der Waals surface area contributed by atoms with Gasteiger partial charge in [0, 0.05) is 36.3 Å². The van der Waals surface area contributed by atoms with Gasteiger partial charge in [-0.05, 0) is 48.2 Å². The van der Waals surface area contributed by atoms with Crippen LogP contribution in [-0.2, 0) is 4.79 Å². The predicted molar refractivity (Wildman–Crippen MR) is 102 cm³/mol. The Bertz CT molecular complexity index is 865. The molecule has 0 aliphatic carbocycles. The van der Waals surface area contributed by atoms with Crippen molar-refractivity contribution in [1.29, 1.82) is 0 Å². The van der Waals surface area contributed by atoms with Gasteiger partial charge in [0.1, 0.15) is 5.75 Å². The SMILES string of the molecule is CN(C)C(=O)Sc1ccc(NC(=O)/C=C/c2ccccc2OC(F)(F)F)cc1. The number of hydrogen-bond acceptors (Lipinski definition) is 4. The third kappa shape index (κ3) is 6.99. The molecule has 2 aromatic carbocycles. The van der Waals surface area contributed by atoms with Crippen molar-refractivity contribution >= 4 is 34.7 Å². The van der Waals surface area contributed by atoms with Crippen LogP contribution in [0.25, 0.3) is 6.08 Å². The topological polar surface area (TPSA) is 58.6 Å². The maximum Gasteiger partial charge on any atom is 0.573 e. The first-order valence-corrected chi connectivity index (χ1v) is 8.79. The monoisotopic (exact) mass is 410 g/mol. The molecule has 0 radical (unpaired) electrons. The Balaban J connectivity index is 2.00. The van der Waals surface area contributed by atoms with Gasteiger partial charge in [-0.25, -0.2) is 0 Å². The molecule has 0 saturated carbocycles. The lowest BCUT2D eigenvalue weighted by molar-refractivity contribution is -0.274. The Morgan fingerprint density at radius 1 is 1.07 bits per heavy atom. The number of rotatable bonds is 5. The summed E-state index contributed by atoms with van der Waals surface area (Å²) in [7, 11) is 3.29. The minimum Gasteiger partial charge on any atom is -0.405 e. The molecule has 148 valence electrons. The van der Waals surface area contributed by atoms with E-state index in [9.17, 15) is 22.8 Å². The molecule has 9 heteroatoms. The number of anilines is 1. The molecule has 0 fully saturated rings. The number of carbonyl (C=O) groups excluding carboxylic acids is 2. The van der Waals surface area contributed by atoms with E-state index < -0.39 is 18.0 Å². The van der Waals surface area contributed by atoms with E-state index in [1.54, 1.807) is 38.4 Å². The Morgan fingerprint density at radius 3 is 2.32 bits per heavy atom. The zero-order valence-electron chi connectivity index (χ0n) is 15.0. The van der Waals surface area contributed by atoms with Crippen LogP contribution in [0.1, 0.15) is 5.56 Å². The number of halogens is 3. The number of para-hydroxylation sites is 1. The van der Waals surface area contributed by atoms with E-state index in [1.165, 1.54) is 29.2 Å². The average molecular weight is 410 g/mol. The molecule has 0 aliphatic rings. The van der Waals surface area contributed by atoms with Crippen LogP contribution < -0.4 is 10.1 Å². The second-order valence-electron chi connectivity index (χ2n) is 5.69. The number of nitrogens with zero attached hydrogens (tertiary/aromatic N) is 1. The van der Waals surface area contributed by atoms with Crippen LogP contribution in [0.15, 0.2) is 59.5 Å². The molecule has 0 aliphatic heterocycles. The summed E-state index contributed by atoms with van der Waals surface area (Å²) >= 11 is 1.05. The van der Waals surface area contributed by atoms with Crippen LogP contribution in [0.3, 0.4) is 0 Å². The summed E-state index contributed by atoms with van der Waals surface area (Å²) < 4.78 is 41.2. The molecule has 2 amide bonds. The van der Waals surface area contributed by atoms with Crippen molar-refractivity contribution in [3.05, 3.63) is 60.2 Å². The molecule has 0 aromatic heterocycles. The van der Waals surface area contributed by atoms with E-state index in [0.29, 0.717) is 10.6 Å². The highest BCUT2D eigenvalue weighted by atomic mass is 32.2. The predicted octanol–water partition coefficient (Wildman–Crippen LogP) is 5.01. The van der Waals surface area contributed by atoms with Crippen molar-refractivity contribution in [2.75, 3.05) is 19.4 Å². The van der Waals surface area contributed by atoms with E-state index in [4.69, 9.17) is 0 Å². The molecule has 0 heterocycles. The Morgan fingerprint density at radius 2 is 1.71 bits per heavy atom. The molecule has 0 bridgehead atoms. The lowest BCUT2D eigenvalue weighted by Gasteiger charge is -2.11. The average Bonchev–Trinajstić information content (AvgIpc) is 2.61. The number of benzene rings is 2. The number of carbonyl (C=O) groups is 2. The number of nitrogens with one attached hydrogen (secondary N) is 1. The summed E-state index contributed by atoms with van der Waals surface area (Å²) in [6, 6.07) is 12.1. The van der Waals surface area contributed by atoms with E-state index in [0.717, 1.165) is 23.9 Å². The third-order valence-corrected chi connectivity index (χ3v) is 4.30. The van der Waals surface area contributed by atoms with Crippen LogP contribution in [-0.4, -0.2) is 36.5 Å². The molecule has 5 nitrogen and oxygen atoms in total. The van der Waals surface area contributed by atoms with Gasteiger partial charge in [0.05, 0.1) is 0 Å². The molecule has 0 spiro atoms. The quantitative estimate of drug-likeness (QED) is 0.556. The fourth-order valence-corrected chi connectivity index (χ4v) is 2.64. The number of alkyl halides is 3. The maximum absolute atomic E-state index is 12.4. The van der Waals surface area contributed by atoms with Crippen molar-refractivity contribution in [2.24, 2.45) is 0 Å². The fourth-order valence-electron chi connectivity index (χ4n) is 1.98. The summed E-state index contributed by atoms with van der Waals surface area (Å²) in [5, 5.41) is 2.46. The first-order valence-electron chi connectivity index (χ1n) is 7.97. The van der Waals surface area contributed by atoms with E-state index in [2.05, 4.69) is 10.1 Å². The molecule has 0 unspecified atom stereocenters. The van der Waals surface area contributed by atoms with Crippen LogP contribution in [0.5, 0.6) is 5.75 Å². The minimum atomic E-state index is -4.82. The number of ether oxygens (including phenoxy) is 1. The zero-order valence-corrected chi connectivity index (χ0v) is 15.8. The van der Waals surface area contributed by atoms with E-state index >= 15 is 0 Å². The summed E-state index contributed by atoms with van der Waals surface area (Å²) in [5.74, 6) is -0.919. The van der Waals surface area contributed by atoms with Crippen LogP contribution in [0.2, 0.25) is 0 Å². The second-order valence-corrected chi connectivity index (χ2v) is 6.72. The van der Waals surface area contributed by atoms with Gasteiger partial charge in [-0.3, -0.25) is 9.59 Å². The largest absolute Gasteiger partial charge is 0.573 e. The second kappa shape index (κ2) is 9.32. The zero-order chi connectivity index (χ0) is 20.7. The number of hydrogen-bond donors (Lipinski definition) is 1. The standard InChI is InChI=1S/C19H17F3N2O3S/c1-24(2)18(26)28-15-10-8-14(9-11-15)23-17(25)12-7-13-5-3-4-6-16(13)27-19(20,21)22/h3-12H,1-2H3,(H,23,25)/b12-7+. The smallest absolute Gasteiger partial charge is 0.405 e. The van der Waals surface area contributed by atoms with Gasteiger partial charge in [0.2, 0.25) is 5.91 Å². The summed E-state index contributed by atoms with van der Waals surface area (Å²) in [6.45, 7) is 0. The molecular weight excluding hydrogens is 393 g/mol. The van der Waals surface area contributed by atoms with Crippen molar-refractivity contribution in [1.82, 2.24) is 4.90 Å².